The van der Waals surface area contributed by atoms with Gasteiger partial charge in [0.1, 0.15) is 18.1 Å². The van der Waals surface area contributed by atoms with Crippen LogP contribution in [-0.4, -0.2) is 24.5 Å². The van der Waals surface area contributed by atoms with Crippen molar-refractivity contribution in [3.63, 3.8) is 0 Å². The first kappa shape index (κ1) is 24.7. The van der Waals surface area contributed by atoms with Crippen molar-refractivity contribution in [2.45, 2.75) is 39.5 Å². The number of benzene rings is 1. The summed E-state index contributed by atoms with van der Waals surface area (Å²) in [5.41, 5.74) is 6.37. The largest absolute Gasteiger partial charge is 0.469 e. The summed E-state index contributed by atoms with van der Waals surface area (Å²) in [4.78, 5) is 20.4. The number of aryl methyl sites for hydroxylation is 1. The molecule has 0 fully saturated rings. The number of anilines is 1. The molecule has 11 heteroatoms. The molecule has 0 aliphatic heterocycles. The number of rotatable bonds is 7. The van der Waals surface area contributed by atoms with Crippen molar-refractivity contribution >= 4 is 5.95 Å². The molecular formula is C25H22F3N7O. The van der Waals surface area contributed by atoms with Crippen molar-refractivity contribution in [1.29, 1.82) is 0 Å². The van der Waals surface area contributed by atoms with E-state index in [9.17, 15) is 13.2 Å². The van der Waals surface area contributed by atoms with Gasteiger partial charge in [0.05, 0.1) is 11.3 Å². The second-order valence-electron chi connectivity index (χ2n) is 8.45. The van der Waals surface area contributed by atoms with Crippen LogP contribution in [0.1, 0.15) is 37.5 Å². The molecule has 3 heterocycles. The second-order valence-corrected chi connectivity index (χ2v) is 8.45. The van der Waals surface area contributed by atoms with Gasteiger partial charge in [0, 0.05) is 37.5 Å². The molecule has 4 aromatic rings. The zero-order valence-electron chi connectivity index (χ0n) is 19.7. The van der Waals surface area contributed by atoms with Gasteiger partial charge in [0.15, 0.2) is 5.82 Å². The fraction of sp³-hybridized carbons (Fsp3) is 0.240. The van der Waals surface area contributed by atoms with Crippen molar-refractivity contribution in [2.24, 2.45) is 0 Å². The lowest BCUT2D eigenvalue weighted by atomic mass is 9.99. The summed E-state index contributed by atoms with van der Waals surface area (Å²) in [6.07, 6.45) is 0.406. The highest BCUT2D eigenvalue weighted by molar-refractivity contribution is 5.85. The Morgan fingerprint density at radius 2 is 1.83 bits per heavy atom. The smallest absolute Gasteiger partial charge is 0.306 e. The van der Waals surface area contributed by atoms with Gasteiger partial charge in [-0.3, -0.25) is 14.4 Å². The molecule has 0 saturated carbocycles. The monoisotopic (exact) mass is 493 g/mol. The first-order valence-electron chi connectivity index (χ1n) is 10.8. The van der Waals surface area contributed by atoms with E-state index in [1.54, 1.807) is 43.8 Å². The molecule has 8 nitrogen and oxygen atoms in total. The van der Waals surface area contributed by atoms with Crippen molar-refractivity contribution in [3.8, 4) is 28.3 Å². The van der Waals surface area contributed by atoms with Crippen LogP contribution in [-0.2, 0) is 12.3 Å². The molecule has 0 spiro atoms. The molecule has 0 radical (unpaired) electrons. The van der Waals surface area contributed by atoms with Gasteiger partial charge in [-0.2, -0.15) is 4.98 Å². The molecule has 0 unspecified atom stereocenters. The third kappa shape index (κ3) is 4.98. The van der Waals surface area contributed by atoms with Gasteiger partial charge in [0.25, 0.3) is 6.43 Å². The molecule has 0 amide bonds. The second kappa shape index (κ2) is 9.65. The molecular weight excluding hydrogens is 471 g/mol. The summed E-state index contributed by atoms with van der Waals surface area (Å²) >= 11 is 0. The van der Waals surface area contributed by atoms with E-state index >= 15 is 0 Å². The van der Waals surface area contributed by atoms with Gasteiger partial charge < -0.3 is 10.5 Å². The molecule has 2 N–H and O–H groups in total. The molecule has 3 aromatic heterocycles. The van der Waals surface area contributed by atoms with Crippen molar-refractivity contribution < 1.29 is 17.9 Å². The Hall–Kier alpha value is -4.46. The molecule has 36 heavy (non-hydrogen) atoms. The van der Waals surface area contributed by atoms with Crippen LogP contribution in [0.25, 0.3) is 27.2 Å². The SMILES string of the molecule is [C-]#[N+]C(C)(C)n1ccnc1COc1nc(N)nc(-c2ccc(F)cc2)c1-c1cc(C)nc(C(F)F)c1. The van der Waals surface area contributed by atoms with Gasteiger partial charge in [0.2, 0.25) is 11.8 Å². The average Bonchev–Trinajstić information content (AvgIpc) is 3.32. The fourth-order valence-corrected chi connectivity index (χ4v) is 3.71. The summed E-state index contributed by atoms with van der Waals surface area (Å²) in [5.74, 6) is -0.116. The highest BCUT2D eigenvalue weighted by Gasteiger charge is 2.28. The molecule has 184 valence electrons. The van der Waals surface area contributed by atoms with E-state index in [0.29, 0.717) is 22.6 Å². The quantitative estimate of drug-likeness (QED) is 0.339. The van der Waals surface area contributed by atoms with E-state index in [1.807, 2.05) is 0 Å². The minimum absolute atomic E-state index is 0.0165. The van der Waals surface area contributed by atoms with Crippen LogP contribution in [0.3, 0.4) is 0 Å². The van der Waals surface area contributed by atoms with Crippen molar-refractivity contribution in [1.82, 2.24) is 24.5 Å². The lowest BCUT2D eigenvalue weighted by molar-refractivity contribution is 0.146. The highest BCUT2D eigenvalue weighted by atomic mass is 19.3. The zero-order chi connectivity index (χ0) is 26.0. The highest BCUT2D eigenvalue weighted by Crippen LogP contribution is 2.39. The molecule has 0 atom stereocenters. The number of ether oxygens (including phenoxy) is 1. The van der Waals surface area contributed by atoms with Gasteiger partial charge >= 0.3 is 5.66 Å². The number of halogens is 3. The third-order valence-electron chi connectivity index (χ3n) is 5.41. The number of hydrogen-bond donors (Lipinski definition) is 1. The van der Waals surface area contributed by atoms with Gasteiger partial charge in [-0.25, -0.2) is 29.7 Å². The van der Waals surface area contributed by atoms with E-state index in [1.165, 1.54) is 30.3 Å². The fourth-order valence-electron chi connectivity index (χ4n) is 3.71. The van der Waals surface area contributed by atoms with Crippen LogP contribution >= 0.6 is 0 Å². The van der Waals surface area contributed by atoms with Gasteiger partial charge in [-0.15, -0.1) is 0 Å². The van der Waals surface area contributed by atoms with Crippen LogP contribution in [0.5, 0.6) is 5.88 Å². The van der Waals surface area contributed by atoms with E-state index in [0.717, 1.165) is 0 Å². The first-order valence-corrected chi connectivity index (χ1v) is 10.8. The summed E-state index contributed by atoms with van der Waals surface area (Å²) in [7, 11) is 0. The van der Waals surface area contributed by atoms with Crippen molar-refractivity contribution in [3.05, 3.63) is 83.2 Å². The van der Waals surface area contributed by atoms with Gasteiger partial charge in [-0.05, 0) is 48.9 Å². The topological polar surface area (TPSA) is 96.1 Å². The summed E-state index contributed by atoms with van der Waals surface area (Å²) in [5, 5.41) is 0. The van der Waals surface area contributed by atoms with E-state index < -0.39 is 23.6 Å². The average molecular weight is 493 g/mol. The molecule has 0 aliphatic carbocycles. The summed E-state index contributed by atoms with van der Waals surface area (Å²) in [6.45, 7) is 12.4. The number of imidazole rings is 1. The number of nitrogen functional groups attached to an aromatic ring is 1. The standard InChI is InChI=1S/C25H22F3N7O/c1-14-11-16(12-18(32-14)22(27)28)20-21(15-5-7-17(26)8-6-15)33-24(29)34-23(20)36-13-19-31-9-10-35(19)25(2,3)30-4/h5-12,22H,13H2,1-3H3,(H2,29,33,34). The number of pyridine rings is 1. The lowest BCUT2D eigenvalue weighted by Gasteiger charge is -2.18. The zero-order valence-corrected chi connectivity index (χ0v) is 19.7. The van der Waals surface area contributed by atoms with E-state index in [4.69, 9.17) is 17.0 Å². The Balaban J connectivity index is 1.88. The van der Waals surface area contributed by atoms with Crippen LogP contribution < -0.4 is 10.5 Å². The van der Waals surface area contributed by atoms with E-state index in [2.05, 4.69) is 24.8 Å². The number of alkyl halides is 2. The Labute approximate surface area is 205 Å². The molecule has 4 rings (SSSR count). The number of aromatic nitrogens is 5. The van der Waals surface area contributed by atoms with Gasteiger partial charge in [-0.1, -0.05) is 0 Å². The summed E-state index contributed by atoms with van der Waals surface area (Å²) in [6, 6.07) is 8.33. The Kier molecular flexibility index (Phi) is 6.61. The Morgan fingerprint density at radius 3 is 2.50 bits per heavy atom. The minimum atomic E-state index is -2.81. The van der Waals surface area contributed by atoms with E-state index in [-0.39, 0.29) is 29.7 Å². The van der Waals surface area contributed by atoms with Crippen LogP contribution in [0.15, 0.2) is 48.8 Å². The first-order chi connectivity index (χ1) is 17.1. The maximum absolute atomic E-state index is 13.6. The summed E-state index contributed by atoms with van der Waals surface area (Å²) < 4.78 is 48.5. The molecule has 0 saturated heterocycles. The lowest BCUT2D eigenvalue weighted by Crippen LogP contribution is -2.24. The van der Waals surface area contributed by atoms with Crippen LogP contribution in [0.2, 0.25) is 0 Å². The predicted octanol–water partition coefficient (Wildman–Crippen LogP) is 5.56. The normalized spacial score (nSPS) is 11.5. The maximum Gasteiger partial charge on any atom is 0.306 e. The van der Waals surface area contributed by atoms with Crippen LogP contribution in [0, 0.1) is 19.3 Å². The third-order valence-corrected chi connectivity index (χ3v) is 5.41. The predicted molar refractivity (Wildman–Crippen MR) is 127 cm³/mol. The minimum Gasteiger partial charge on any atom is -0.469 e. The number of nitrogens with zero attached hydrogens (tertiary/aromatic N) is 6. The maximum atomic E-state index is 13.6. The van der Waals surface area contributed by atoms with Crippen molar-refractivity contribution in [2.75, 3.05) is 5.73 Å². The van der Waals surface area contributed by atoms with Crippen LogP contribution in [0.4, 0.5) is 19.1 Å². The molecule has 0 bridgehead atoms. The Morgan fingerprint density at radius 1 is 1.11 bits per heavy atom. The molecule has 1 aromatic carbocycles. The number of nitrogens with two attached hydrogens (primary N) is 1. The number of hydrogen-bond acceptors (Lipinski definition) is 6. The molecule has 0 aliphatic rings. The Bertz CT molecular complexity index is 1440.